The fourth-order valence-corrected chi connectivity index (χ4v) is 4.29. The summed E-state index contributed by atoms with van der Waals surface area (Å²) >= 11 is 0. The van der Waals surface area contributed by atoms with E-state index in [9.17, 15) is 4.79 Å². The molecule has 2 fully saturated rings. The van der Waals surface area contributed by atoms with Gasteiger partial charge in [-0.05, 0) is 68.1 Å². The molecule has 2 aliphatic heterocycles. The highest BCUT2D eigenvalue weighted by atomic mass is 16.2. The van der Waals surface area contributed by atoms with E-state index in [1.165, 1.54) is 25.8 Å². The molecule has 4 heteroatoms. The van der Waals surface area contributed by atoms with E-state index in [4.69, 9.17) is 0 Å². The predicted octanol–water partition coefficient (Wildman–Crippen LogP) is 3.76. The molecule has 1 aromatic carbocycles. The Kier molecular flexibility index (Phi) is 4.77. The Labute approximate surface area is 155 Å². The lowest BCUT2D eigenvalue weighted by Crippen LogP contribution is -2.63. The van der Waals surface area contributed by atoms with Crippen molar-refractivity contribution >= 4 is 5.91 Å². The largest absolute Gasteiger partial charge is 0.335 e. The molecule has 0 N–H and O–H groups in total. The molecule has 0 radical (unpaired) electrons. The number of aromatic nitrogens is 1. The van der Waals surface area contributed by atoms with Gasteiger partial charge in [-0.1, -0.05) is 18.6 Å². The van der Waals surface area contributed by atoms with Crippen molar-refractivity contribution in [3.8, 4) is 11.1 Å². The highest BCUT2D eigenvalue weighted by Crippen LogP contribution is 2.27. The maximum Gasteiger partial charge on any atom is 0.253 e. The summed E-state index contributed by atoms with van der Waals surface area (Å²) in [7, 11) is 0. The average Bonchev–Trinajstić information content (AvgIpc) is 2.62. The fraction of sp³-hybridized carbons (Fsp3) is 0.455. The molecule has 0 aliphatic carbocycles. The number of hydrogen-bond donors (Lipinski definition) is 0. The van der Waals surface area contributed by atoms with E-state index in [0.717, 1.165) is 35.3 Å². The summed E-state index contributed by atoms with van der Waals surface area (Å²) in [4.78, 5) is 21.6. The maximum atomic E-state index is 12.9. The van der Waals surface area contributed by atoms with E-state index < -0.39 is 0 Å². The number of benzene rings is 1. The van der Waals surface area contributed by atoms with Crippen LogP contribution in [0.1, 0.15) is 42.1 Å². The van der Waals surface area contributed by atoms with E-state index in [-0.39, 0.29) is 5.91 Å². The minimum Gasteiger partial charge on any atom is -0.335 e. The van der Waals surface area contributed by atoms with Gasteiger partial charge < -0.3 is 4.90 Å². The lowest BCUT2D eigenvalue weighted by Gasteiger charge is -2.49. The van der Waals surface area contributed by atoms with Gasteiger partial charge in [-0.3, -0.25) is 14.7 Å². The van der Waals surface area contributed by atoms with Crippen LogP contribution in [0.25, 0.3) is 11.1 Å². The molecular formula is C22H27N3O. The van der Waals surface area contributed by atoms with Crippen LogP contribution in [0.15, 0.2) is 42.7 Å². The van der Waals surface area contributed by atoms with Gasteiger partial charge >= 0.3 is 0 Å². The smallest absolute Gasteiger partial charge is 0.253 e. The summed E-state index contributed by atoms with van der Waals surface area (Å²) in [5.74, 6) is 0.152. The minimum absolute atomic E-state index is 0.152. The summed E-state index contributed by atoms with van der Waals surface area (Å²) in [6, 6.07) is 11.2. The van der Waals surface area contributed by atoms with E-state index in [0.29, 0.717) is 12.1 Å². The van der Waals surface area contributed by atoms with E-state index in [1.807, 2.05) is 35.4 Å². The van der Waals surface area contributed by atoms with E-state index >= 15 is 0 Å². The third kappa shape index (κ3) is 3.26. The van der Waals surface area contributed by atoms with Gasteiger partial charge in [0.15, 0.2) is 0 Å². The lowest BCUT2D eigenvalue weighted by atomic mass is 9.96. The molecule has 2 aromatic rings. The second-order valence-electron chi connectivity index (χ2n) is 7.72. The molecule has 1 aromatic heterocycles. The van der Waals surface area contributed by atoms with Crippen molar-refractivity contribution in [2.75, 3.05) is 19.6 Å². The molecule has 4 rings (SSSR count). The summed E-state index contributed by atoms with van der Waals surface area (Å²) in [5, 5.41) is 0. The number of aryl methyl sites for hydroxylation is 1. The Hall–Kier alpha value is -2.20. The van der Waals surface area contributed by atoms with Crippen molar-refractivity contribution in [2.45, 2.75) is 45.2 Å². The summed E-state index contributed by atoms with van der Waals surface area (Å²) in [6.07, 6.45) is 7.59. The number of carbonyl (C=O) groups excluding carboxylic acids is 1. The first-order valence-electron chi connectivity index (χ1n) is 9.69. The summed E-state index contributed by atoms with van der Waals surface area (Å²) in [6.45, 7) is 7.29. The first-order valence-corrected chi connectivity index (χ1v) is 9.69. The van der Waals surface area contributed by atoms with Crippen LogP contribution in [-0.2, 0) is 0 Å². The molecular weight excluding hydrogens is 322 g/mol. The molecule has 26 heavy (non-hydrogen) atoms. The predicted molar refractivity (Wildman–Crippen MR) is 104 cm³/mol. The van der Waals surface area contributed by atoms with Crippen LogP contribution in [0.5, 0.6) is 0 Å². The lowest BCUT2D eigenvalue weighted by molar-refractivity contribution is 0.00213. The Morgan fingerprint density at radius 3 is 2.81 bits per heavy atom. The number of piperidine rings is 1. The number of carbonyl (C=O) groups is 1. The Morgan fingerprint density at radius 2 is 2.04 bits per heavy atom. The molecule has 0 unspecified atom stereocenters. The Bertz CT molecular complexity index is 797. The zero-order valence-electron chi connectivity index (χ0n) is 15.7. The second kappa shape index (κ2) is 7.20. The zero-order chi connectivity index (χ0) is 18.1. The number of amides is 1. The first-order chi connectivity index (χ1) is 12.6. The quantitative estimate of drug-likeness (QED) is 0.847. The van der Waals surface area contributed by atoms with Crippen molar-refractivity contribution in [2.24, 2.45) is 0 Å². The SMILES string of the molecule is Cc1cnccc1-c1cccc(C(=O)N2CC(N3CCCC[C@H]3C)C2)c1. The van der Waals surface area contributed by atoms with Crippen molar-refractivity contribution in [3.05, 3.63) is 53.9 Å². The van der Waals surface area contributed by atoms with Crippen LogP contribution >= 0.6 is 0 Å². The number of pyridine rings is 1. The van der Waals surface area contributed by atoms with Crippen molar-refractivity contribution < 1.29 is 4.79 Å². The molecule has 2 saturated heterocycles. The first kappa shape index (κ1) is 17.2. The van der Waals surface area contributed by atoms with Gasteiger partial charge in [0.1, 0.15) is 0 Å². The van der Waals surface area contributed by atoms with Gasteiger partial charge in [-0.15, -0.1) is 0 Å². The highest BCUT2D eigenvalue weighted by Gasteiger charge is 2.37. The normalized spacial score (nSPS) is 21.5. The van der Waals surface area contributed by atoms with Crippen LogP contribution in [-0.4, -0.2) is 52.4 Å². The van der Waals surface area contributed by atoms with Gasteiger partial charge in [0.05, 0.1) is 0 Å². The molecule has 2 aliphatic rings. The molecule has 4 nitrogen and oxygen atoms in total. The summed E-state index contributed by atoms with van der Waals surface area (Å²) in [5.41, 5.74) is 4.12. The van der Waals surface area contributed by atoms with Crippen molar-refractivity contribution in [1.82, 2.24) is 14.8 Å². The number of nitrogens with zero attached hydrogens (tertiary/aromatic N) is 3. The second-order valence-corrected chi connectivity index (χ2v) is 7.72. The molecule has 1 amide bonds. The molecule has 0 saturated carbocycles. The third-order valence-corrected chi connectivity index (χ3v) is 5.91. The Balaban J connectivity index is 1.45. The van der Waals surface area contributed by atoms with Gasteiger partial charge in [0, 0.05) is 43.1 Å². The highest BCUT2D eigenvalue weighted by molar-refractivity contribution is 5.96. The topological polar surface area (TPSA) is 36.4 Å². The van der Waals surface area contributed by atoms with Crippen LogP contribution in [0.4, 0.5) is 0 Å². The summed E-state index contributed by atoms with van der Waals surface area (Å²) < 4.78 is 0. The maximum absolute atomic E-state index is 12.9. The monoisotopic (exact) mass is 349 g/mol. The van der Waals surface area contributed by atoms with Gasteiger partial charge in [0.2, 0.25) is 0 Å². The Morgan fingerprint density at radius 1 is 1.19 bits per heavy atom. The minimum atomic E-state index is 0.152. The van der Waals surface area contributed by atoms with E-state index in [1.54, 1.807) is 6.20 Å². The molecule has 0 spiro atoms. The van der Waals surface area contributed by atoms with Gasteiger partial charge in [0.25, 0.3) is 5.91 Å². The molecule has 0 bridgehead atoms. The molecule has 1 atom stereocenters. The number of rotatable bonds is 3. The van der Waals surface area contributed by atoms with Crippen LogP contribution < -0.4 is 0 Å². The zero-order valence-corrected chi connectivity index (χ0v) is 15.7. The number of hydrogen-bond acceptors (Lipinski definition) is 3. The van der Waals surface area contributed by atoms with Crippen molar-refractivity contribution in [3.63, 3.8) is 0 Å². The fourth-order valence-electron chi connectivity index (χ4n) is 4.29. The molecule has 136 valence electrons. The van der Waals surface area contributed by atoms with Gasteiger partial charge in [-0.25, -0.2) is 0 Å². The van der Waals surface area contributed by atoms with Crippen LogP contribution in [0, 0.1) is 6.92 Å². The van der Waals surface area contributed by atoms with Crippen LogP contribution in [0.3, 0.4) is 0 Å². The number of likely N-dealkylation sites (tertiary alicyclic amines) is 2. The van der Waals surface area contributed by atoms with Crippen LogP contribution in [0.2, 0.25) is 0 Å². The molecule has 3 heterocycles. The van der Waals surface area contributed by atoms with E-state index in [2.05, 4.69) is 29.8 Å². The third-order valence-electron chi connectivity index (χ3n) is 5.91. The van der Waals surface area contributed by atoms with Crippen molar-refractivity contribution in [1.29, 1.82) is 0 Å². The van der Waals surface area contributed by atoms with Gasteiger partial charge in [-0.2, -0.15) is 0 Å². The standard InChI is InChI=1S/C22H27N3O/c1-16-13-23-10-9-21(16)18-7-5-8-19(12-18)22(26)24-14-20(15-24)25-11-4-3-6-17(25)2/h5,7-10,12-13,17,20H,3-4,6,11,14-15H2,1-2H3/t17-/m1/s1. The average molecular weight is 349 g/mol.